The maximum Gasteiger partial charge on any atom is 0.433 e. The van der Waals surface area contributed by atoms with Gasteiger partial charge in [0.1, 0.15) is 11.4 Å². The fourth-order valence-corrected chi connectivity index (χ4v) is 4.86. The predicted octanol–water partition coefficient (Wildman–Crippen LogP) is 4.71. The van der Waals surface area contributed by atoms with Crippen LogP contribution in [-0.2, 0) is 15.9 Å². The second-order valence-corrected chi connectivity index (χ2v) is 9.53. The molecule has 3 rings (SSSR count). The van der Waals surface area contributed by atoms with Gasteiger partial charge >= 0.3 is 6.18 Å². The summed E-state index contributed by atoms with van der Waals surface area (Å²) >= 11 is 1.27. The van der Waals surface area contributed by atoms with E-state index in [0.29, 0.717) is 27.0 Å². The fraction of sp³-hybridized carbons (Fsp3) is 0.211. The number of rotatable bonds is 5. The van der Waals surface area contributed by atoms with Gasteiger partial charge < -0.3 is 4.74 Å². The Bertz CT molecular complexity index is 1130. The standard InChI is InChI=1S/C19H18F3N3O2S2/c1-12(13-8-9-17(23-10-13)19(20,21)22)29(3,26)25-18-24-15(11-28-18)14-6-4-5-7-16(14)27-2/h4-11H,1-3H3,(H,24,25,26). The second-order valence-electron chi connectivity index (χ2n) is 6.17. The first kappa shape index (κ1) is 21.1. The van der Waals surface area contributed by atoms with Crippen LogP contribution < -0.4 is 9.46 Å². The first-order valence-electron chi connectivity index (χ1n) is 8.35. The Kier molecular flexibility index (Phi) is 5.85. The molecule has 0 aliphatic rings. The molecule has 1 atom stereocenters. The molecular formula is C19H18F3N3O2S2. The van der Waals surface area contributed by atoms with Gasteiger partial charge in [0.2, 0.25) is 0 Å². The summed E-state index contributed by atoms with van der Waals surface area (Å²) in [5.74, 6) is 0.667. The summed E-state index contributed by atoms with van der Waals surface area (Å²) in [6.45, 7) is 1.59. The normalized spacial score (nSPS) is 13.6. The molecule has 29 heavy (non-hydrogen) atoms. The maximum absolute atomic E-state index is 13.2. The molecule has 154 valence electrons. The van der Waals surface area contributed by atoms with Crippen LogP contribution in [0.15, 0.2) is 48.0 Å². The van der Waals surface area contributed by atoms with Gasteiger partial charge in [-0.05, 0) is 25.1 Å². The summed E-state index contributed by atoms with van der Waals surface area (Å²) in [5, 5.41) is 2.24. The monoisotopic (exact) mass is 441 g/mol. The van der Waals surface area contributed by atoms with Gasteiger partial charge in [-0.15, -0.1) is 11.3 Å². The number of hydrogen-bond acceptors (Lipinski definition) is 5. The smallest absolute Gasteiger partial charge is 0.433 e. The third kappa shape index (κ3) is 4.70. The number of thiazole rings is 1. The van der Waals surface area contributed by atoms with Crippen molar-refractivity contribution in [3.63, 3.8) is 0 Å². The number of benzene rings is 1. The largest absolute Gasteiger partial charge is 0.496 e. The van der Waals surface area contributed by atoms with Gasteiger partial charge in [0.25, 0.3) is 0 Å². The Morgan fingerprint density at radius 2 is 1.93 bits per heavy atom. The lowest BCUT2D eigenvalue weighted by Crippen LogP contribution is -2.20. The third-order valence-corrected chi connectivity index (χ3v) is 7.09. The number of alkyl halides is 3. The van der Waals surface area contributed by atoms with Crippen molar-refractivity contribution in [3.8, 4) is 17.0 Å². The van der Waals surface area contributed by atoms with E-state index in [9.17, 15) is 17.4 Å². The van der Waals surface area contributed by atoms with Crippen molar-refractivity contribution < 1.29 is 22.1 Å². The number of hydrogen-bond donors (Lipinski definition) is 1. The highest BCUT2D eigenvalue weighted by atomic mass is 32.2. The average Bonchev–Trinajstić information content (AvgIpc) is 3.14. The zero-order chi connectivity index (χ0) is 21.2. The van der Waals surface area contributed by atoms with Crippen LogP contribution >= 0.6 is 11.3 Å². The topological polar surface area (TPSA) is 64.1 Å². The Balaban J connectivity index is 1.89. The summed E-state index contributed by atoms with van der Waals surface area (Å²) in [6.07, 6.45) is -1.97. The molecule has 0 saturated carbocycles. The zero-order valence-electron chi connectivity index (χ0n) is 15.8. The number of pyridine rings is 1. The van der Waals surface area contributed by atoms with Gasteiger partial charge in [0.15, 0.2) is 5.13 Å². The molecule has 0 amide bonds. The molecule has 0 aliphatic heterocycles. The van der Waals surface area contributed by atoms with Crippen molar-refractivity contribution in [2.24, 2.45) is 0 Å². The molecule has 0 radical (unpaired) electrons. The first-order chi connectivity index (χ1) is 13.6. The summed E-state index contributed by atoms with van der Waals surface area (Å²) < 4.78 is 59.4. The van der Waals surface area contributed by atoms with Crippen molar-refractivity contribution in [2.75, 3.05) is 18.1 Å². The van der Waals surface area contributed by atoms with E-state index in [1.165, 1.54) is 23.7 Å². The van der Waals surface area contributed by atoms with Crippen molar-refractivity contribution >= 4 is 31.0 Å². The molecule has 10 heteroatoms. The van der Waals surface area contributed by atoms with E-state index < -0.39 is 21.6 Å². The van der Waals surface area contributed by atoms with Crippen molar-refractivity contribution in [1.82, 2.24) is 9.97 Å². The van der Waals surface area contributed by atoms with E-state index in [1.807, 2.05) is 29.6 Å². The van der Waals surface area contributed by atoms with Crippen LogP contribution in [0.1, 0.15) is 18.2 Å². The van der Waals surface area contributed by atoms with E-state index in [-0.39, 0.29) is 0 Å². The van der Waals surface area contributed by atoms with Crippen LogP contribution in [0.3, 0.4) is 0 Å². The van der Waals surface area contributed by atoms with E-state index in [0.717, 1.165) is 17.8 Å². The lowest BCUT2D eigenvalue weighted by Gasteiger charge is -2.12. The SMILES string of the molecule is COc1ccccc1-c1csc(NS(C)(=O)=C(C)c2ccc(C(F)(F)F)nc2)n1. The number of nitrogens with one attached hydrogen (secondary N) is 1. The van der Waals surface area contributed by atoms with Crippen LogP contribution in [0.4, 0.5) is 18.3 Å². The average molecular weight is 442 g/mol. The van der Waals surface area contributed by atoms with Crippen LogP contribution in [0.25, 0.3) is 11.3 Å². The molecule has 0 bridgehead atoms. The second kappa shape index (κ2) is 8.03. The molecule has 1 N–H and O–H groups in total. The number of aromatic nitrogens is 2. The Morgan fingerprint density at radius 3 is 2.55 bits per heavy atom. The van der Waals surface area contributed by atoms with Gasteiger partial charge in [-0.1, -0.05) is 18.2 Å². The first-order valence-corrected chi connectivity index (χ1v) is 11.2. The molecular weight excluding hydrogens is 423 g/mol. The number of ether oxygens (including phenoxy) is 1. The minimum atomic E-state index is -4.52. The van der Waals surface area contributed by atoms with Gasteiger partial charge in [0.05, 0.1) is 22.5 Å². The van der Waals surface area contributed by atoms with Crippen LogP contribution in [0, 0.1) is 0 Å². The lowest BCUT2D eigenvalue weighted by molar-refractivity contribution is -0.141. The van der Waals surface area contributed by atoms with Gasteiger partial charge in [-0.25, -0.2) is 9.19 Å². The third-order valence-electron chi connectivity index (χ3n) is 4.21. The summed E-state index contributed by atoms with van der Waals surface area (Å²) in [6, 6.07) is 9.54. The summed E-state index contributed by atoms with van der Waals surface area (Å²) in [7, 11) is -1.22. The Hall–Kier alpha value is -2.59. The molecule has 1 aromatic carbocycles. The number of para-hydroxylation sites is 1. The highest BCUT2D eigenvalue weighted by molar-refractivity contribution is 8.03. The minimum absolute atomic E-state index is 0.361. The highest BCUT2D eigenvalue weighted by Crippen LogP contribution is 2.32. The Labute approximate surface area is 170 Å². The Morgan fingerprint density at radius 1 is 1.21 bits per heavy atom. The molecule has 5 nitrogen and oxygen atoms in total. The summed E-state index contributed by atoms with van der Waals surface area (Å²) in [5.41, 5.74) is 0.832. The van der Waals surface area contributed by atoms with Gasteiger partial charge in [0, 0.05) is 33.8 Å². The fourth-order valence-electron chi connectivity index (χ4n) is 2.54. The number of halogens is 3. The van der Waals surface area contributed by atoms with Crippen molar-refractivity contribution in [2.45, 2.75) is 13.1 Å². The minimum Gasteiger partial charge on any atom is -0.496 e. The van der Waals surface area contributed by atoms with Gasteiger partial charge in [-0.2, -0.15) is 13.2 Å². The van der Waals surface area contributed by atoms with Crippen molar-refractivity contribution in [1.29, 1.82) is 0 Å². The maximum atomic E-state index is 13.2. The molecule has 2 aromatic heterocycles. The highest BCUT2D eigenvalue weighted by Gasteiger charge is 2.32. The number of methoxy groups -OCH3 is 1. The molecule has 0 fully saturated rings. The van der Waals surface area contributed by atoms with E-state index in [2.05, 4.69) is 14.7 Å². The lowest BCUT2D eigenvalue weighted by atomic mass is 10.1. The zero-order valence-corrected chi connectivity index (χ0v) is 17.4. The molecule has 3 aromatic rings. The quantitative estimate of drug-likeness (QED) is 0.460. The van der Waals surface area contributed by atoms with Crippen LogP contribution in [-0.4, -0.2) is 32.4 Å². The molecule has 0 aliphatic carbocycles. The van der Waals surface area contributed by atoms with E-state index in [1.54, 1.807) is 14.0 Å². The van der Waals surface area contributed by atoms with Crippen LogP contribution in [0.5, 0.6) is 5.75 Å². The predicted molar refractivity (Wildman–Crippen MR) is 111 cm³/mol. The molecule has 1 unspecified atom stereocenters. The van der Waals surface area contributed by atoms with Gasteiger partial charge in [-0.3, -0.25) is 9.71 Å². The van der Waals surface area contributed by atoms with Crippen molar-refractivity contribution in [3.05, 3.63) is 59.2 Å². The van der Waals surface area contributed by atoms with E-state index in [4.69, 9.17) is 4.74 Å². The number of nitrogens with zero attached hydrogens (tertiary/aromatic N) is 2. The number of anilines is 1. The molecule has 2 heterocycles. The molecule has 0 spiro atoms. The molecule has 0 saturated heterocycles. The van der Waals surface area contributed by atoms with E-state index >= 15 is 0 Å². The van der Waals surface area contributed by atoms with Crippen LogP contribution in [0.2, 0.25) is 0 Å². The summed E-state index contributed by atoms with van der Waals surface area (Å²) in [4.78, 5) is 8.28.